The summed E-state index contributed by atoms with van der Waals surface area (Å²) in [5.74, 6) is 0. The number of hydrogen-bond donors (Lipinski definition) is 0. The van der Waals surface area contributed by atoms with Gasteiger partial charge >= 0.3 is 16.3 Å². The molecule has 0 saturated carbocycles. The number of alkyl halides is 3. The maximum atomic E-state index is 11.5. The van der Waals surface area contributed by atoms with Crippen molar-refractivity contribution in [2.45, 2.75) is 18.3 Å². The quantitative estimate of drug-likeness (QED) is 0.622. The molecule has 0 aliphatic carbocycles. The van der Waals surface area contributed by atoms with E-state index in [-0.39, 0.29) is 6.92 Å². The van der Waals surface area contributed by atoms with Crippen LogP contribution in [0.5, 0.6) is 0 Å². The monoisotopic (exact) mass is 196 g/mol. The smallest absolute Gasteiger partial charge is 0.196 e. The van der Waals surface area contributed by atoms with Gasteiger partial charge in [0.05, 0.1) is 0 Å². The highest BCUT2D eigenvalue weighted by Gasteiger charge is 2.46. The Kier molecular flexibility index (Phi) is 2.84. The summed E-state index contributed by atoms with van der Waals surface area (Å²) in [5.41, 5.74) is 0. The zero-order chi connectivity index (χ0) is 9.28. The van der Waals surface area contributed by atoms with Gasteiger partial charge in [0.25, 0.3) is 0 Å². The Labute approximate surface area is 60.0 Å². The van der Waals surface area contributed by atoms with Crippen molar-refractivity contribution >= 4 is 10.1 Å². The molecule has 0 aromatic heterocycles. The summed E-state index contributed by atoms with van der Waals surface area (Å²) in [4.78, 5) is 0. The van der Waals surface area contributed by atoms with Gasteiger partial charge in [0.15, 0.2) is 5.25 Å². The summed E-state index contributed by atoms with van der Waals surface area (Å²) in [6, 6.07) is 0. The first-order chi connectivity index (χ1) is 4.72. The maximum Gasteiger partial charge on any atom is 0.407 e. The van der Waals surface area contributed by atoms with Gasteiger partial charge in [-0.3, -0.25) is 0 Å². The summed E-state index contributed by atoms with van der Waals surface area (Å²) < 4.78 is 67.7. The van der Waals surface area contributed by atoms with Crippen LogP contribution in [-0.4, -0.2) is 19.8 Å². The second-order valence-corrected chi connectivity index (χ2v) is 3.56. The van der Waals surface area contributed by atoms with Gasteiger partial charge in [-0.05, 0) is 11.4 Å². The van der Waals surface area contributed by atoms with Crippen molar-refractivity contribution in [3.8, 4) is 0 Å². The van der Waals surface area contributed by atoms with Crippen LogP contribution in [0.25, 0.3) is 0 Å². The first-order valence-corrected chi connectivity index (χ1v) is 3.79. The summed E-state index contributed by atoms with van der Waals surface area (Å²) in [5, 5.41) is -2.85. The normalized spacial score (nSPS) is 16.5. The lowest BCUT2D eigenvalue weighted by molar-refractivity contribution is -0.132. The number of hydrogen-bond acceptors (Lipinski definition) is 3. The molecular weight excluding hydrogens is 192 g/mol. The summed E-state index contributed by atoms with van der Waals surface area (Å²) in [6.45, 7) is 0.287. The molecule has 0 N–H and O–H groups in total. The molecule has 3 nitrogen and oxygen atoms in total. The Morgan fingerprint density at radius 2 is 1.73 bits per heavy atom. The minimum absolute atomic E-state index is 0.287. The van der Waals surface area contributed by atoms with Crippen LogP contribution in [0, 0.1) is 0 Å². The third kappa shape index (κ3) is 2.62. The van der Waals surface area contributed by atoms with Crippen LogP contribution in [0.15, 0.2) is 0 Å². The lowest BCUT2D eigenvalue weighted by Gasteiger charge is -2.11. The van der Waals surface area contributed by atoms with E-state index < -0.39 is 21.5 Å². The van der Waals surface area contributed by atoms with Crippen molar-refractivity contribution in [2.24, 2.45) is 0 Å². The SMILES string of the molecule is CC(C(F)(F)F)S(=O)(=O)OF. The van der Waals surface area contributed by atoms with Crippen LogP contribution in [-0.2, 0) is 14.5 Å². The molecule has 0 aromatic carbocycles. The minimum atomic E-state index is -5.15. The fourth-order valence-electron chi connectivity index (χ4n) is 0.218. The van der Waals surface area contributed by atoms with Crippen molar-refractivity contribution in [2.75, 3.05) is 0 Å². The molecule has 1 atom stereocenters. The van der Waals surface area contributed by atoms with Crippen LogP contribution in [0.4, 0.5) is 17.7 Å². The highest BCUT2D eigenvalue weighted by atomic mass is 32.2. The fourth-order valence-corrected chi connectivity index (χ4v) is 0.655. The Bertz CT molecular complexity index is 217. The van der Waals surface area contributed by atoms with Crippen molar-refractivity contribution in [1.82, 2.24) is 0 Å². The lowest BCUT2D eigenvalue weighted by atomic mass is 10.5. The van der Waals surface area contributed by atoms with E-state index >= 15 is 0 Å². The Morgan fingerprint density at radius 3 is 1.82 bits per heavy atom. The van der Waals surface area contributed by atoms with Gasteiger partial charge in [-0.25, -0.2) is 0 Å². The minimum Gasteiger partial charge on any atom is -0.196 e. The molecule has 0 radical (unpaired) electrons. The molecule has 0 saturated heterocycles. The highest BCUT2D eigenvalue weighted by Crippen LogP contribution is 2.26. The second-order valence-electron chi connectivity index (χ2n) is 1.74. The molecule has 0 spiro atoms. The van der Waals surface area contributed by atoms with E-state index in [1.807, 2.05) is 0 Å². The summed E-state index contributed by atoms with van der Waals surface area (Å²) in [7, 11) is -5.15. The first-order valence-electron chi connectivity index (χ1n) is 2.32. The van der Waals surface area contributed by atoms with Crippen LogP contribution >= 0.6 is 0 Å². The van der Waals surface area contributed by atoms with Crippen LogP contribution in [0.1, 0.15) is 6.92 Å². The van der Waals surface area contributed by atoms with E-state index in [2.05, 4.69) is 4.39 Å². The highest BCUT2D eigenvalue weighted by molar-refractivity contribution is 7.87. The maximum absolute atomic E-state index is 11.5. The van der Waals surface area contributed by atoms with E-state index in [0.29, 0.717) is 0 Å². The Balaban J connectivity index is 4.64. The van der Waals surface area contributed by atoms with E-state index in [9.17, 15) is 26.1 Å². The number of rotatable bonds is 2. The van der Waals surface area contributed by atoms with Gasteiger partial charge in [0, 0.05) is 0 Å². The standard InChI is InChI=1S/C3H4F4O3S/c1-2(3(4,5)6)11(8,9)10-7/h2H,1H3. The third-order valence-corrected chi connectivity index (χ3v) is 2.29. The Morgan fingerprint density at radius 1 is 1.36 bits per heavy atom. The number of halogens is 4. The molecular formula is C3H4F4O3S. The van der Waals surface area contributed by atoms with Gasteiger partial charge in [-0.15, -0.1) is 0 Å². The van der Waals surface area contributed by atoms with Crippen molar-refractivity contribution in [3.63, 3.8) is 0 Å². The van der Waals surface area contributed by atoms with Crippen LogP contribution in [0.2, 0.25) is 0 Å². The van der Waals surface area contributed by atoms with E-state index in [1.165, 1.54) is 0 Å². The summed E-state index contributed by atoms with van der Waals surface area (Å²) >= 11 is 0. The molecule has 0 heterocycles. The van der Waals surface area contributed by atoms with Gasteiger partial charge in [0.2, 0.25) is 0 Å². The molecule has 1 unspecified atom stereocenters. The molecule has 68 valence electrons. The van der Waals surface area contributed by atoms with E-state index in [1.54, 1.807) is 0 Å². The molecule has 8 heteroatoms. The average Bonchev–Trinajstić information content (AvgIpc) is 1.84. The van der Waals surface area contributed by atoms with E-state index in [4.69, 9.17) is 0 Å². The molecule has 0 aromatic rings. The van der Waals surface area contributed by atoms with Gasteiger partial charge in [-0.2, -0.15) is 21.6 Å². The van der Waals surface area contributed by atoms with Crippen molar-refractivity contribution in [3.05, 3.63) is 0 Å². The largest absolute Gasteiger partial charge is 0.407 e. The molecule has 0 aliphatic heterocycles. The summed E-state index contributed by atoms with van der Waals surface area (Å²) in [6.07, 6.45) is -5.01. The average molecular weight is 196 g/mol. The fraction of sp³-hybridized carbons (Fsp3) is 1.00. The molecule has 0 amide bonds. The zero-order valence-corrected chi connectivity index (χ0v) is 6.04. The zero-order valence-electron chi connectivity index (χ0n) is 5.22. The third-order valence-electron chi connectivity index (χ3n) is 0.982. The van der Waals surface area contributed by atoms with Gasteiger partial charge in [0.1, 0.15) is 0 Å². The van der Waals surface area contributed by atoms with Crippen molar-refractivity contribution in [1.29, 1.82) is 0 Å². The predicted octanol–water partition coefficient (Wildman–Crippen LogP) is 1.17. The van der Waals surface area contributed by atoms with Crippen LogP contribution in [0.3, 0.4) is 0 Å². The molecule has 0 rings (SSSR count). The topological polar surface area (TPSA) is 43.4 Å². The van der Waals surface area contributed by atoms with Crippen LogP contribution < -0.4 is 0 Å². The van der Waals surface area contributed by atoms with Gasteiger partial charge < -0.3 is 0 Å². The van der Waals surface area contributed by atoms with Crippen molar-refractivity contribution < 1.29 is 30.5 Å². The Hall–Kier alpha value is -0.370. The molecule has 0 bridgehead atoms. The molecule has 0 aliphatic rings. The van der Waals surface area contributed by atoms with Gasteiger partial charge in [-0.1, -0.05) is 4.39 Å². The molecule has 11 heavy (non-hydrogen) atoms. The second kappa shape index (κ2) is 2.94. The first kappa shape index (κ1) is 10.6. The van der Waals surface area contributed by atoms with E-state index in [0.717, 1.165) is 0 Å². The lowest BCUT2D eigenvalue weighted by Crippen LogP contribution is -2.33. The predicted molar refractivity (Wildman–Crippen MR) is 26.6 cm³/mol. The molecule has 0 fully saturated rings.